The van der Waals surface area contributed by atoms with Crippen LogP contribution in [0.4, 0.5) is 11.4 Å². The van der Waals surface area contributed by atoms with E-state index in [0.29, 0.717) is 0 Å². The first kappa shape index (κ1) is 13.6. The van der Waals surface area contributed by atoms with Gasteiger partial charge in [-0.05, 0) is 55.7 Å². The van der Waals surface area contributed by atoms with Gasteiger partial charge in [0.1, 0.15) is 0 Å². The maximum atomic E-state index is 4.63. The Balaban J connectivity index is 1.90. The van der Waals surface area contributed by atoms with Gasteiger partial charge < -0.3 is 5.32 Å². The molecule has 0 atom stereocenters. The van der Waals surface area contributed by atoms with Crippen LogP contribution in [0.3, 0.4) is 0 Å². The van der Waals surface area contributed by atoms with E-state index in [9.17, 15) is 0 Å². The minimum absolute atomic E-state index is 1.08. The maximum Gasteiger partial charge on any atom is 0.0726 e. The molecule has 0 unspecified atom stereocenters. The molecule has 0 bridgehead atoms. The van der Waals surface area contributed by atoms with Crippen LogP contribution in [0.25, 0.3) is 10.9 Å². The fourth-order valence-electron chi connectivity index (χ4n) is 3.02. The molecule has 110 valence electrons. The zero-order valence-corrected chi connectivity index (χ0v) is 13.6. The maximum absolute atomic E-state index is 4.63. The summed E-state index contributed by atoms with van der Waals surface area (Å²) in [6.07, 6.45) is 3.10. The highest BCUT2D eigenvalue weighted by Crippen LogP contribution is 2.40. The molecule has 0 aliphatic carbocycles. The molecule has 2 aromatic carbocycles. The molecule has 0 saturated carbocycles. The molecular weight excluding hydrogens is 288 g/mol. The number of thioether (sulfide) groups is 1. The quantitative estimate of drug-likeness (QED) is 0.700. The Morgan fingerprint density at radius 1 is 1.05 bits per heavy atom. The molecule has 0 radical (unpaired) electrons. The van der Waals surface area contributed by atoms with Gasteiger partial charge >= 0.3 is 0 Å². The Morgan fingerprint density at radius 2 is 1.86 bits per heavy atom. The van der Waals surface area contributed by atoms with Crippen LogP contribution < -0.4 is 5.32 Å². The van der Waals surface area contributed by atoms with Gasteiger partial charge in [0.2, 0.25) is 0 Å². The summed E-state index contributed by atoms with van der Waals surface area (Å²) in [7, 11) is 0. The molecule has 2 nitrogen and oxygen atoms in total. The third-order valence-electron chi connectivity index (χ3n) is 4.22. The van der Waals surface area contributed by atoms with E-state index in [1.54, 1.807) is 0 Å². The first-order valence-corrected chi connectivity index (χ1v) is 8.58. The van der Waals surface area contributed by atoms with Crippen molar-refractivity contribution in [1.82, 2.24) is 4.98 Å². The smallest absolute Gasteiger partial charge is 0.0726 e. The predicted octanol–water partition coefficient (Wildman–Crippen LogP) is 5.24. The number of aryl methyl sites for hydroxylation is 3. The number of hydrogen-bond donors (Lipinski definition) is 1. The first-order valence-electron chi connectivity index (χ1n) is 7.60. The van der Waals surface area contributed by atoms with Crippen molar-refractivity contribution < 1.29 is 0 Å². The van der Waals surface area contributed by atoms with Gasteiger partial charge in [-0.3, -0.25) is 4.98 Å². The molecule has 0 fully saturated rings. The van der Waals surface area contributed by atoms with Crippen LogP contribution in [-0.2, 0) is 6.42 Å². The van der Waals surface area contributed by atoms with E-state index in [1.807, 2.05) is 18.0 Å². The van der Waals surface area contributed by atoms with Gasteiger partial charge in [-0.1, -0.05) is 17.7 Å². The Morgan fingerprint density at radius 3 is 2.68 bits per heavy atom. The molecule has 1 aliphatic heterocycles. The third kappa shape index (κ3) is 2.26. The van der Waals surface area contributed by atoms with E-state index in [0.717, 1.165) is 17.6 Å². The van der Waals surface area contributed by atoms with Crippen LogP contribution in [0.5, 0.6) is 0 Å². The Labute approximate surface area is 135 Å². The molecule has 0 saturated heterocycles. The minimum Gasteiger partial charge on any atom is -0.355 e. The summed E-state index contributed by atoms with van der Waals surface area (Å²) in [6, 6.07) is 12.9. The van der Waals surface area contributed by atoms with Crippen LogP contribution in [0, 0.1) is 13.8 Å². The van der Waals surface area contributed by atoms with E-state index in [4.69, 9.17) is 0 Å². The normalized spacial score (nSPS) is 13.4. The van der Waals surface area contributed by atoms with Crippen molar-refractivity contribution in [3.05, 3.63) is 59.3 Å². The van der Waals surface area contributed by atoms with Crippen LogP contribution in [0.2, 0.25) is 0 Å². The second kappa shape index (κ2) is 5.33. The zero-order chi connectivity index (χ0) is 15.1. The Bertz CT molecular complexity index is 853. The van der Waals surface area contributed by atoms with Gasteiger partial charge in [-0.25, -0.2) is 0 Å². The molecule has 22 heavy (non-hydrogen) atoms. The fraction of sp³-hybridized carbons (Fsp3) is 0.211. The fourth-order valence-corrected chi connectivity index (χ4v) is 4.09. The Hall–Kier alpha value is -2.00. The van der Waals surface area contributed by atoms with Crippen molar-refractivity contribution in [3.8, 4) is 0 Å². The highest BCUT2D eigenvalue weighted by Gasteiger charge is 2.18. The van der Waals surface area contributed by atoms with E-state index < -0.39 is 0 Å². The summed E-state index contributed by atoms with van der Waals surface area (Å²) in [5.41, 5.74) is 7.34. The number of pyridine rings is 1. The van der Waals surface area contributed by atoms with Crippen molar-refractivity contribution >= 4 is 34.0 Å². The molecule has 0 spiro atoms. The summed E-state index contributed by atoms with van der Waals surface area (Å²) in [5.74, 6) is 1.17. The van der Waals surface area contributed by atoms with Gasteiger partial charge in [-0.2, -0.15) is 0 Å². The largest absolute Gasteiger partial charge is 0.355 e. The summed E-state index contributed by atoms with van der Waals surface area (Å²) >= 11 is 1.95. The van der Waals surface area contributed by atoms with Crippen molar-refractivity contribution in [2.45, 2.75) is 25.2 Å². The van der Waals surface area contributed by atoms with Crippen LogP contribution in [0.15, 0.2) is 47.5 Å². The summed E-state index contributed by atoms with van der Waals surface area (Å²) in [6.45, 7) is 4.24. The second-order valence-corrected chi connectivity index (χ2v) is 6.98. The van der Waals surface area contributed by atoms with Gasteiger partial charge in [0.15, 0.2) is 0 Å². The number of nitrogens with zero attached hydrogens (tertiary/aromatic N) is 1. The topological polar surface area (TPSA) is 24.9 Å². The number of nitrogens with one attached hydrogen (secondary N) is 1. The highest BCUT2D eigenvalue weighted by molar-refractivity contribution is 7.99. The SMILES string of the molecule is Cc1ccc(Nc2c(C)cnc3ccc4c(c23)CCS4)cc1. The number of hydrogen-bond acceptors (Lipinski definition) is 3. The molecule has 0 amide bonds. The average molecular weight is 306 g/mol. The lowest BCUT2D eigenvalue weighted by molar-refractivity contribution is 1.16. The molecule has 3 aromatic rings. The molecule has 1 aliphatic rings. The molecule has 3 heteroatoms. The number of anilines is 2. The molecule has 4 rings (SSSR count). The van der Waals surface area contributed by atoms with E-state index >= 15 is 0 Å². The van der Waals surface area contributed by atoms with Gasteiger partial charge in [-0.15, -0.1) is 11.8 Å². The number of rotatable bonds is 2. The molecule has 1 N–H and O–H groups in total. The Kier molecular flexibility index (Phi) is 3.30. The van der Waals surface area contributed by atoms with Crippen molar-refractivity contribution in [2.24, 2.45) is 0 Å². The molecule has 1 aromatic heterocycles. The minimum atomic E-state index is 1.08. The van der Waals surface area contributed by atoms with E-state index in [-0.39, 0.29) is 0 Å². The van der Waals surface area contributed by atoms with Crippen molar-refractivity contribution in [1.29, 1.82) is 0 Å². The number of fused-ring (bicyclic) bond motifs is 3. The average Bonchev–Trinajstić information content (AvgIpc) is 3.00. The predicted molar refractivity (Wildman–Crippen MR) is 95.4 cm³/mol. The zero-order valence-electron chi connectivity index (χ0n) is 12.8. The lowest BCUT2D eigenvalue weighted by Gasteiger charge is -2.15. The lowest BCUT2D eigenvalue weighted by Crippen LogP contribution is -1.98. The summed E-state index contributed by atoms with van der Waals surface area (Å²) in [5, 5.41) is 4.92. The number of benzene rings is 2. The van der Waals surface area contributed by atoms with Crippen LogP contribution in [0.1, 0.15) is 16.7 Å². The summed E-state index contributed by atoms with van der Waals surface area (Å²) < 4.78 is 0. The third-order valence-corrected chi connectivity index (χ3v) is 5.32. The van der Waals surface area contributed by atoms with Crippen LogP contribution >= 0.6 is 11.8 Å². The first-order chi connectivity index (χ1) is 10.7. The van der Waals surface area contributed by atoms with E-state index in [2.05, 4.69) is 60.5 Å². The second-order valence-electron chi connectivity index (χ2n) is 5.84. The van der Waals surface area contributed by atoms with E-state index in [1.165, 1.54) is 38.4 Å². The number of aromatic nitrogens is 1. The molecular formula is C19H18N2S. The molecule has 2 heterocycles. The highest BCUT2D eigenvalue weighted by atomic mass is 32.2. The lowest BCUT2D eigenvalue weighted by atomic mass is 10.0. The van der Waals surface area contributed by atoms with Crippen molar-refractivity contribution in [2.75, 3.05) is 11.1 Å². The van der Waals surface area contributed by atoms with Crippen molar-refractivity contribution in [3.63, 3.8) is 0 Å². The van der Waals surface area contributed by atoms with Gasteiger partial charge in [0.25, 0.3) is 0 Å². The summed E-state index contributed by atoms with van der Waals surface area (Å²) in [4.78, 5) is 6.03. The van der Waals surface area contributed by atoms with Crippen LogP contribution in [-0.4, -0.2) is 10.7 Å². The standard InChI is InChI=1S/C19H18N2S/c1-12-3-5-14(6-4-12)21-19-13(2)11-20-16-7-8-17-15(18(16)19)9-10-22-17/h3-8,11H,9-10H2,1-2H3,(H,20,21). The van der Waals surface area contributed by atoms with Gasteiger partial charge in [0.05, 0.1) is 11.2 Å². The van der Waals surface area contributed by atoms with Gasteiger partial charge in [0, 0.05) is 27.9 Å². The monoisotopic (exact) mass is 306 g/mol.